The van der Waals surface area contributed by atoms with Crippen molar-refractivity contribution >= 4 is 39.7 Å². The number of hydrogen-bond acceptors (Lipinski definition) is 1. The zero-order valence-corrected chi connectivity index (χ0v) is 14.1. The molecule has 0 spiro atoms. The van der Waals surface area contributed by atoms with Crippen molar-refractivity contribution in [2.75, 3.05) is 11.9 Å². The fraction of sp³-hybridized carbons (Fsp3) is 0.222. The van der Waals surface area contributed by atoms with E-state index in [1.54, 1.807) is 0 Å². The molecule has 0 bridgehead atoms. The summed E-state index contributed by atoms with van der Waals surface area (Å²) in [5, 5.41) is 1.73. The van der Waals surface area contributed by atoms with Crippen molar-refractivity contribution in [1.29, 1.82) is 0 Å². The largest absolute Gasteiger partial charge is 0.493 e. The third kappa shape index (κ3) is 5.56. The molecule has 0 aliphatic heterocycles. The third-order valence-electron chi connectivity index (χ3n) is 3.01. The molecule has 0 amide bonds. The van der Waals surface area contributed by atoms with Gasteiger partial charge in [-0.15, -0.1) is 0 Å². The normalized spacial score (nSPS) is 11.0. The Kier molecular flexibility index (Phi) is 6.84. The van der Waals surface area contributed by atoms with E-state index in [9.17, 15) is 0 Å². The van der Waals surface area contributed by atoms with Gasteiger partial charge in [-0.1, -0.05) is 70.0 Å². The third-order valence-corrected chi connectivity index (χ3v) is 3.81. The van der Waals surface area contributed by atoms with Crippen LogP contribution in [0, 0.1) is 0 Å². The molecule has 0 fully saturated rings. The number of benzene rings is 2. The summed E-state index contributed by atoms with van der Waals surface area (Å²) >= 11 is 9.51. The van der Waals surface area contributed by atoms with Crippen LogP contribution in [-0.4, -0.2) is 11.9 Å². The standard InChI is InChI=1S/C18H18BrClO/c19-12-4-5-13-21-18-11-10-17(20)14-16(18)9-8-15-6-2-1-3-7-15/h1-3,6-11,14H,4-5,12-13H2/b9-8+. The molecule has 0 atom stereocenters. The minimum atomic E-state index is 0.718. The van der Waals surface area contributed by atoms with Gasteiger partial charge in [0.2, 0.25) is 0 Å². The first-order valence-electron chi connectivity index (χ1n) is 7.01. The van der Waals surface area contributed by atoms with E-state index in [-0.39, 0.29) is 0 Å². The van der Waals surface area contributed by atoms with E-state index in [0.717, 1.165) is 46.7 Å². The summed E-state index contributed by atoms with van der Waals surface area (Å²) in [6.45, 7) is 0.722. The monoisotopic (exact) mass is 364 g/mol. The van der Waals surface area contributed by atoms with Gasteiger partial charge in [0.15, 0.2) is 0 Å². The SMILES string of the molecule is Clc1ccc(OCCCCBr)c(/C=C/c2ccccc2)c1. The lowest BCUT2D eigenvalue weighted by molar-refractivity contribution is 0.309. The van der Waals surface area contributed by atoms with Gasteiger partial charge in [-0.2, -0.15) is 0 Å². The van der Waals surface area contributed by atoms with Crippen LogP contribution in [0.3, 0.4) is 0 Å². The summed E-state index contributed by atoms with van der Waals surface area (Å²) in [4.78, 5) is 0. The molecule has 0 unspecified atom stereocenters. The van der Waals surface area contributed by atoms with Crippen LogP contribution in [0.15, 0.2) is 48.5 Å². The van der Waals surface area contributed by atoms with Gasteiger partial charge < -0.3 is 4.74 Å². The quantitative estimate of drug-likeness (QED) is 0.329. The summed E-state index contributed by atoms with van der Waals surface area (Å²) < 4.78 is 5.85. The van der Waals surface area contributed by atoms with Crippen LogP contribution < -0.4 is 4.74 Å². The van der Waals surface area contributed by atoms with Crippen LogP contribution in [0.5, 0.6) is 5.75 Å². The van der Waals surface area contributed by atoms with Gasteiger partial charge in [0.1, 0.15) is 5.75 Å². The Balaban J connectivity index is 2.09. The van der Waals surface area contributed by atoms with Gasteiger partial charge in [0.25, 0.3) is 0 Å². The highest BCUT2D eigenvalue weighted by atomic mass is 79.9. The summed E-state index contributed by atoms with van der Waals surface area (Å²) in [5.41, 5.74) is 2.16. The molecule has 2 aromatic rings. The fourth-order valence-corrected chi connectivity index (χ4v) is 2.49. The Hall–Kier alpha value is -1.25. The molecule has 1 nitrogen and oxygen atoms in total. The Bertz CT molecular complexity index is 581. The smallest absolute Gasteiger partial charge is 0.126 e. The fourth-order valence-electron chi connectivity index (χ4n) is 1.91. The maximum atomic E-state index is 6.09. The van der Waals surface area contributed by atoms with Crippen LogP contribution in [0.25, 0.3) is 12.2 Å². The molecular weight excluding hydrogens is 348 g/mol. The molecular formula is C18H18BrClO. The number of halogens is 2. The molecule has 0 N–H and O–H groups in total. The molecule has 0 aromatic heterocycles. The average molecular weight is 366 g/mol. The molecule has 21 heavy (non-hydrogen) atoms. The number of alkyl halides is 1. The lowest BCUT2D eigenvalue weighted by atomic mass is 10.1. The van der Waals surface area contributed by atoms with Gasteiger partial charge in [-0.3, -0.25) is 0 Å². The van der Waals surface area contributed by atoms with E-state index in [0.29, 0.717) is 0 Å². The first-order valence-corrected chi connectivity index (χ1v) is 8.51. The minimum absolute atomic E-state index is 0.718. The Morgan fingerprint density at radius 3 is 2.57 bits per heavy atom. The van der Waals surface area contributed by atoms with E-state index in [1.807, 2.05) is 42.5 Å². The second-order valence-electron chi connectivity index (χ2n) is 4.67. The predicted molar refractivity (Wildman–Crippen MR) is 95.3 cm³/mol. The van der Waals surface area contributed by atoms with Crippen molar-refractivity contribution in [1.82, 2.24) is 0 Å². The van der Waals surface area contributed by atoms with E-state index in [1.165, 1.54) is 0 Å². The van der Waals surface area contributed by atoms with E-state index in [2.05, 4.69) is 34.1 Å². The van der Waals surface area contributed by atoms with Crippen LogP contribution in [-0.2, 0) is 0 Å². The van der Waals surface area contributed by atoms with Crippen molar-refractivity contribution in [2.24, 2.45) is 0 Å². The molecule has 2 aromatic carbocycles. The highest BCUT2D eigenvalue weighted by Gasteiger charge is 2.02. The highest BCUT2D eigenvalue weighted by Crippen LogP contribution is 2.25. The molecule has 0 heterocycles. The van der Waals surface area contributed by atoms with Crippen molar-refractivity contribution in [3.63, 3.8) is 0 Å². The maximum Gasteiger partial charge on any atom is 0.126 e. The van der Waals surface area contributed by atoms with Gasteiger partial charge in [0.05, 0.1) is 6.61 Å². The van der Waals surface area contributed by atoms with E-state index >= 15 is 0 Å². The lowest BCUT2D eigenvalue weighted by Gasteiger charge is -2.09. The molecule has 110 valence electrons. The number of unbranched alkanes of at least 4 members (excludes halogenated alkanes) is 1. The average Bonchev–Trinajstić information content (AvgIpc) is 2.52. The van der Waals surface area contributed by atoms with Crippen LogP contribution in [0.2, 0.25) is 5.02 Å². The molecule has 0 radical (unpaired) electrons. The molecule has 3 heteroatoms. The van der Waals surface area contributed by atoms with Gasteiger partial charge >= 0.3 is 0 Å². The Morgan fingerprint density at radius 2 is 1.81 bits per heavy atom. The summed E-state index contributed by atoms with van der Waals surface area (Å²) in [5.74, 6) is 0.876. The first kappa shape index (κ1) is 16.1. The van der Waals surface area contributed by atoms with Crippen molar-refractivity contribution in [2.45, 2.75) is 12.8 Å². The zero-order chi connectivity index (χ0) is 14.9. The lowest BCUT2D eigenvalue weighted by Crippen LogP contribution is -1.99. The van der Waals surface area contributed by atoms with Crippen LogP contribution in [0.4, 0.5) is 0 Å². The molecule has 2 rings (SSSR count). The summed E-state index contributed by atoms with van der Waals surface area (Å²) in [6.07, 6.45) is 6.26. The topological polar surface area (TPSA) is 9.23 Å². The number of rotatable bonds is 7. The van der Waals surface area contributed by atoms with Crippen LogP contribution >= 0.6 is 27.5 Å². The molecule has 0 aliphatic carbocycles. The van der Waals surface area contributed by atoms with Crippen molar-refractivity contribution < 1.29 is 4.74 Å². The second-order valence-corrected chi connectivity index (χ2v) is 5.90. The molecule has 0 saturated heterocycles. The molecule has 0 aliphatic rings. The summed E-state index contributed by atoms with van der Waals surface area (Å²) in [7, 11) is 0. The Morgan fingerprint density at radius 1 is 1.00 bits per heavy atom. The second kappa shape index (κ2) is 8.91. The van der Waals surface area contributed by atoms with Gasteiger partial charge in [-0.05, 0) is 36.6 Å². The predicted octanol–water partition coefficient (Wildman–Crippen LogP) is 6.06. The highest BCUT2D eigenvalue weighted by molar-refractivity contribution is 9.09. The Labute approximate surface area is 139 Å². The zero-order valence-electron chi connectivity index (χ0n) is 11.8. The van der Waals surface area contributed by atoms with E-state index < -0.39 is 0 Å². The molecule has 0 saturated carbocycles. The van der Waals surface area contributed by atoms with Gasteiger partial charge in [-0.25, -0.2) is 0 Å². The van der Waals surface area contributed by atoms with E-state index in [4.69, 9.17) is 16.3 Å². The number of ether oxygens (including phenoxy) is 1. The van der Waals surface area contributed by atoms with Gasteiger partial charge in [0, 0.05) is 15.9 Å². The minimum Gasteiger partial charge on any atom is -0.493 e. The number of hydrogen-bond donors (Lipinski definition) is 0. The van der Waals surface area contributed by atoms with Crippen LogP contribution in [0.1, 0.15) is 24.0 Å². The summed E-state index contributed by atoms with van der Waals surface area (Å²) in [6, 6.07) is 15.9. The maximum absolute atomic E-state index is 6.09. The first-order chi connectivity index (χ1) is 10.3. The van der Waals surface area contributed by atoms with Crippen molar-refractivity contribution in [3.05, 3.63) is 64.7 Å². The van der Waals surface area contributed by atoms with Crippen molar-refractivity contribution in [3.8, 4) is 5.75 Å².